The lowest BCUT2D eigenvalue weighted by Gasteiger charge is -2.46. The summed E-state index contributed by atoms with van der Waals surface area (Å²) in [7, 11) is 0. The predicted octanol–water partition coefficient (Wildman–Crippen LogP) is 2.02. The summed E-state index contributed by atoms with van der Waals surface area (Å²) in [6.45, 7) is 6.50. The number of nitrogens with one attached hydrogen (secondary N) is 2. The van der Waals surface area contributed by atoms with E-state index in [0.717, 1.165) is 6.42 Å². The van der Waals surface area contributed by atoms with Gasteiger partial charge in [-0.3, -0.25) is 4.79 Å². The summed E-state index contributed by atoms with van der Waals surface area (Å²) in [5.41, 5.74) is -0.711. The van der Waals surface area contributed by atoms with Crippen LogP contribution < -0.4 is 10.6 Å². The van der Waals surface area contributed by atoms with Crippen molar-refractivity contribution in [3.8, 4) is 0 Å². The van der Waals surface area contributed by atoms with Crippen LogP contribution in [-0.2, 0) is 9.53 Å². The molecule has 6 nitrogen and oxygen atoms in total. The molecular formula is C15H26F2N2O4. The fourth-order valence-corrected chi connectivity index (χ4v) is 3.65. The molecule has 2 amide bonds. The molecule has 1 rings (SSSR count). The average molecular weight is 336 g/mol. The van der Waals surface area contributed by atoms with Gasteiger partial charge in [-0.2, -0.15) is 8.78 Å². The normalized spacial score (nSPS) is 27.2. The zero-order valence-electron chi connectivity index (χ0n) is 14.0. The lowest BCUT2D eigenvalue weighted by Crippen LogP contribution is -2.54. The first-order valence-electron chi connectivity index (χ1n) is 7.60. The first-order chi connectivity index (χ1) is 10.3. The van der Waals surface area contributed by atoms with Crippen molar-refractivity contribution in [2.45, 2.75) is 58.6 Å². The molecule has 0 aromatic rings. The molecule has 0 aliphatic heterocycles. The largest absolute Gasteiger partial charge is 0.440 e. The van der Waals surface area contributed by atoms with E-state index in [1.807, 2.05) is 6.92 Å². The van der Waals surface area contributed by atoms with Gasteiger partial charge in [0.05, 0.1) is 0 Å². The van der Waals surface area contributed by atoms with Crippen LogP contribution in [0.4, 0.5) is 13.6 Å². The number of amides is 2. The molecule has 23 heavy (non-hydrogen) atoms. The Morgan fingerprint density at radius 2 is 1.91 bits per heavy atom. The van der Waals surface area contributed by atoms with Crippen LogP contribution >= 0.6 is 0 Å². The SMILES string of the molecule is CC(=O)NCC1CC(C)(C)CC(C)(NC(=O)OCC(O)(F)F)C1. The Hall–Kier alpha value is -1.44. The third-order valence-electron chi connectivity index (χ3n) is 3.87. The minimum absolute atomic E-state index is 0.0790. The number of aliphatic hydroxyl groups is 1. The van der Waals surface area contributed by atoms with E-state index in [1.54, 1.807) is 0 Å². The topological polar surface area (TPSA) is 87.7 Å². The van der Waals surface area contributed by atoms with Gasteiger partial charge in [0.1, 0.15) is 0 Å². The van der Waals surface area contributed by atoms with E-state index in [4.69, 9.17) is 5.11 Å². The molecule has 1 aliphatic carbocycles. The highest BCUT2D eigenvalue weighted by Crippen LogP contribution is 2.43. The number of rotatable bonds is 5. The molecule has 0 radical (unpaired) electrons. The molecule has 0 aromatic carbocycles. The number of halogens is 2. The minimum Gasteiger partial charge on any atom is -0.440 e. The van der Waals surface area contributed by atoms with Crippen molar-refractivity contribution in [2.24, 2.45) is 11.3 Å². The third-order valence-corrected chi connectivity index (χ3v) is 3.87. The van der Waals surface area contributed by atoms with Crippen LogP contribution in [0.1, 0.15) is 47.0 Å². The van der Waals surface area contributed by atoms with Gasteiger partial charge in [0.15, 0.2) is 6.61 Å². The summed E-state index contributed by atoms with van der Waals surface area (Å²) >= 11 is 0. The summed E-state index contributed by atoms with van der Waals surface area (Å²) < 4.78 is 29.0. The molecule has 0 bridgehead atoms. The van der Waals surface area contributed by atoms with Gasteiger partial charge >= 0.3 is 12.2 Å². The molecule has 2 atom stereocenters. The van der Waals surface area contributed by atoms with Crippen molar-refractivity contribution in [2.75, 3.05) is 13.2 Å². The molecule has 0 heterocycles. The zero-order chi connectivity index (χ0) is 17.9. The van der Waals surface area contributed by atoms with E-state index in [9.17, 15) is 18.4 Å². The van der Waals surface area contributed by atoms with Crippen LogP contribution in [0.5, 0.6) is 0 Å². The van der Waals surface area contributed by atoms with Gasteiger partial charge in [-0.25, -0.2) is 4.79 Å². The van der Waals surface area contributed by atoms with Crippen LogP contribution in [0, 0.1) is 11.3 Å². The number of ether oxygens (including phenoxy) is 1. The summed E-state index contributed by atoms with van der Waals surface area (Å²) in [6.07, 6.45) is -2.90. The average Bonchev–Trinajstić information content (AvgIpc) is 2.30. The summed E-state index contributed by atoms with van der Waals surface area (Å²) in [5, 5.41) is 13.7. The monoisotopic (exact) mass is 336 g/mol. The van der Waals surface area contributed by atoms with Gasteiger partial charge in [0.25, 0.3) is 0 Å². The van der Waals surface area contributed by atoms with Crippen molar-refractivity contribution in [3.05, 3.63) is 0 Å². The van der Waals surface area contributed by atoms with Crippen molar-refractivity contribution < 1.29 is 28.2 Å². The van der Waals surface area contributed by atoms with Gasteiger partial charge in [-0.15, -0.1) is 0 Å². The molecule has 3 N–H and O–H groups in total. The first-order valence-corrected chi connectivity index (χ1v) is 7.60. The van der Waals surface area contributed by atoms with Crippen molar-refractivity contribution in [1.82, 2.24) is 10.6 Å². The van der Waals surface area contributed by atoms with E-state index in [-0.39, 0.29) is 17.2 Å². The molecule has 1 fully saturated rings. The highest BCUT2D eigenvalue weighted by Gasteiger charge is 2.42. The Kier molecular flexibility index (Phi) is 5.95. The number of hydrogen-bond donors (Lipinski definition) is 3. The summed E-state index contributed by atoms with van der Waals surface area (Å²) in [5.74, 6) is 0.0415. The van der Waals surface area contributed by atoms with Crippen LogP contribution in [-0.4, -0.2) is 41.9 Å². The maximum Gasteiger partial charge on any atom is 0.407 e. The maximum atomic E-state index is 12.3. The van der Waals surface area contributed by atoms with E-state index >= 15 is 0 Å². The van der Waals surface area contributed by atoms with Crippen molar-refractivity contribution >= 4 is 12.0 Å². The van der Waals surface area contributed by atoms with Crippen LogP contribution in [0.2, 0.25) is 0 Å². The minimum atomic E-state index is -4.04. The fourth-order valence-electron chi connectivity index (χ4n) is 3.65. The molecule has 1 aliphatic rings. The standard InChI is InChI=1S/C15H26F2N2O4/c1-10(20)18-7-11-5-13(2,3)8-14(4,6-11)19-12(21)23-9-15(16,17)22/h11,22H,5-9H2,1-4H3,(H,18,20)(H,19,21). The summed E-state index contributed by atoms with van der Waals surface area (Å²) in [4.78, 5) is 22.8. The van der Waals surface area contributed by atoms with Crippen LogP contribution in [0.25, 0.3) is 0 Å². The summed E-state index contributed by atoms with van der Waals surface area (Å²) in [6, 6.07) is 0. The van der Waals surface area contributed by atoms with Crippen LogP contribution in [0.3, 0.4) is 0 Å². The number of carbonyl (C=O) groups is 2. The Morgan fingerprint density at radius 3 is 2.43 bits per heavy atom. The van der Waals surface area contributed by atoms with Crippen molar-refractivity contribution in [3.63, 3.8) is 0 Å². The van der Waals surface area contributed by atoms with Gasteiger partial charge in [-0.1, -0.05) is 13.8 Å². The smallest absolute Gasteiger partial charge is 0.407 e. The molecule has 134 valence electrons. The number of alkyl carbamates (subject to hydrolysis) is 1. The predicted molar refractivity (Wildman–Crippen MR) is 79.9 cm³/mol. The third kappa shape index (κ3) is 7.58. The molecule has 2 unspecified atom stereocenters. The molecule has 8 heteroatoms. The Labute approximate surface area is 135 Å². The van der Waals surface area contributed by atoms with Crippen LogP contribution in [0.15, 0.2) is 0 Å². The van der Waals surface area contributed by atoms with E-state index < -0.39 is 24.3 Å². The Bertz CT molecular complexity index is 451. The number of alkyl halides is 2. The zero-order valence-corrected chi connectivity index (χ0v) is 14.0. The number of carbonyl (C=O) groups excluding carboxylic acids is 2. The molecular weight excluding hydrogens is 310 g/mol. The van der Waals surface area contributed by atoms with E-state index in [0.29, 0.717) is 19.4 Å². The van der Waals surface area contributed by atoms with E-state index in [1.165, 1.54) is 6.92 Å². The molecule has 0 aromatic heterocycles. The Morgan fingerprint density at radius 1 is 1.30 bits per heavy atom. The van der Waals surface area contributed by atoms with E-state index in [2.05, 4.69) is 29.2 Å². The fraction of sp³-hybridized carbons (Fsp3) is 0.867. The molecule has 1 saturated carbocycles. The lowest BCUT2D eigenvalue weighted by molar-refractivity contribution is -0.221. The quantitative estimate of drug-likeness (QED) is 0.717. The first kappa shape index (κ1) is 19.6. The second kappa shape index (κ2) is 6.98. The van der Waals surface area contributed by atoms with Crippen molar-refractivity contribution in [1.29, 1.82) is 0 Å². The van der Waals surface area contributed by atoms with Gasteiger partial charge in [0, 0.05) is 19.0 Å². The maximum absolute atomic E-state index is 12.3. The highest BCUT2D eigenvalue weighted by atomic mass is 19.3. The lowest BCUT2D eigenvalue weighted by atomic mass is 9.64. The van der Waals surface area contributed by atoms with Gasteiger partial charge < -0.3 is 20.5 Å². The van der Waals surface area contributed by atoms with Gasteiger partial charge in [-0.05, 0) is 37.5 Å². The highest BCUT2D eigenvalue weighted by molar-refractivity contribution is 5.72. The molecule has 0 spiro atoms. The van der Waals surface area contributed by atoms with Gasteiger partial charge in [0.2, 0.25) is 5.91 Å². The second-order valence-corrected chi connectivity index (χ2v) is 7.48. The second-order valence-electron chi connectivity index (χ2n) is 7.48. The Balaban J connectivity index is 2.66. The molecule has 0 saturated heterocycles. The number of hydrogen-bond acceptors (Lipinski definition) is 4.